The van der Waals surface area contributed by atoms with Gasteiger partial charge in [0.15, 0.2) is 0 Å². The van der Waals surface area contributed by atoms with Crippen LogP contribution in [-0.4, -0.2) is 41.9 Å². The van der Waals surface area contributed by atoms with Crippen LogP contribution in [-0.2, 0) is 4.79 Å². The van der Waals surface area contributed by atoms with Crippen molar-refractivity contribution in [3.8, 4) is 0 Å². The molecule has 1 saturated heterocycles. The van der Waals surface area contributed by atoms with Crippen molar-refractivity contribution >= 4 is 23.2 Å². The number of rotatable bonds is 5. The molecule has 0 radical (unpaired) electrons. The molecule has 0 spiro atoms. The van der Waals surface area contributed by atoms with Crippen LogP contribution in [0.25, 0.3) is 0 Å². The molecule has 1 unspecified atom stereocenters. The zero-order valence-corrected chi connectivity index (χ0v) is 14.1. The van der Waals surface area contributed by atoms with E-state index in [0.29, 0.717) is 19.5 Å². The predicted molar refractivity (Wildman–Crippen MR) is 89.0 cm³/mol. The van der Waals surface area contributed by atoms with Crippen LogP contribution in [0.2, 0.25) is 0 Å². The first-order valence-corrected chi connectivity index (χ1v) is 8.68. The van der Waals surface area contributed by atoms with Crippen LogP contribution >= 0.6 is 11.3 Å². The van der Waals surface area contributed by atoms with Gasteiger partial charge in [-0.3, -0.25) is 9.59 Å². The van der Waals surface area contributed by atoms with Crippen LogP contribution in [0, 0.1) is 6.92 Å². The Morgan fingerprint density at radius 3 is 2.64 bits per heavy atom. The fraction of sp³-hybridized carbons (Fsp3) is 0.625. The normalized spacial score (nSPS) is 17.3. The van der Waals surface area contributed by atoms with E-state index in [-0.39, 0.29) is 23.9 Å². The average molecular weight is 323 g/mol. The Morgan fingerprint density at radius 2 is 2.09 bits per heavy atom. The van der Waals surface area contributed by atoms with Crippen molar-refractivity contribution in [1.29, 1.82) is 0 Å². The second-order valence-corrected chi connectivity index (χ2v) is 7.34. The highest BCUT2D eigenvalue weighted by Crippen LogP contribution is 2.17. The lowest BCUT2D eigenvalue weighted by Gasteiger charge is -2.32. The van der Waals surface area contributed by atoms with Crippen molar-refractivity contribution in [1.82, 2.24) is 10.2 Å². The van der Waals surface area contributed by atoms with Crippen LogP contribution in [0.1, 0.15) is 47.2 Å². The van der Waals surface area contributed by atoms with E-state index >= 15 is 0 Å². The Hall–Kier alpha value is -1.40. The van der Waals surface area contributed by atoms with Gasteiger partial charge in [-0.05, 0) is 45.2 Å². The molecular weight excluding hydrogens is 298 g/mol. The van der Waals surface area contributed by atoms with Crippen LogP contribution in [0.3, 0.4) is 0 Å². The molecule has 0 saturated carbocycles. The summed E-state index contributed by atoms with van der Waals surface area (Å²) in [5.41, 5.74) is 5.69. The van der Waals surface area contributed by atoms with Gasteiger partial charge >= 0.3 is 0 Å². The van der Waals surface area contributed by atoms with Crippen molar-refractivity contribution in [2.75, 3.05) is 13.1 Å². The smallest absolute Gasteiger partial charge is 0.261 e. The fourth-order valence-electron chi connectivity index (χ4n) is 2.60. The quantitative estimate of drug-likeness (QED) is 0.869. The maximum Gasteiger partial charge on any atom is 0.261 e. The van der Waals surface area contributed by atoms with Crippen molar-refractivity contribution < 1.29 is 9.59 Å². The third-order valence-electron chi connectivity index (χ3n) is 3.96. The van der Waals surface area contributed by atoms with E-state index in [1.54, 1.807) is 0 Å². The number of aryl methyl sites for hydroxylation is 1. The summed E-state index contributed by atoms with van der Waals surface area (Å²) in [5.74, 6) is 0.177. The van der Waals surface area contributed by atoms with Gasteiger partial charge in [0.1, 0.15) is 0 Å². The van der Waals surface area contributed by atoms with Crippen molar-refractivity contribution in [2.24, 2.45) is 5.73 Å². The molecule has 1 aromatic heterocycles. The van der Waals surface area contributed by atoms with Crippen molar-refractivity contribution in [3.05, 3.63) is 21.9 Å². The van der Waals surface area contributed by atoms with Gasteiger partial charge in [-0.15, -0.1) is 11.3 Å². The first kappa shape index (κ1) is 17.0. The number of piperidine rings is 1. The zero-order chi connectivity index (χ0) is 16.1. The van der Waals surface area contributed by atoms with E-state index in [1.165, 1.54) is 11.3 Å². The van der Waals surface area contributed by atoms with E-state index in [4.69, 9.17) is 5.73 Å². The van der Waals surface area contributed by atoms with Gasteiger partial charge in [0.2, 0.25) is 5.91 Å². The zero-order valence-electron chi connectivity index (χ0n) is 13.3. The number of nitrogens with one attached hydrogen (secondary N) is 1. The molecule has 0 aliphatic carbocycles. The lowest BCUT2D eigenvalue weighted by Crippen LogP contribution is -2.46. The molecule has 1 atom stereocenters. The van der Waals surface area contributed by atoms with Crippen LogP contribution < -0.4 is 11.1 Å². The fourth-order valence-corrected chi connectivity index (χ4v) is 3.37. The van der Waals surface area contributed by atoms with E-state index in [0.717, 1.165) is 29.0 Å². The largest absolute Gasteiger partial charge is 0.348 e. The average Bonchev–Trinajstić information content (AvgIpc) is 2.92. The number of carbonyl (C=O) groups excluding carboxylic acids is 2. The topological polar surface area (TPSA) is 75.4 Å². The minimum absolute atomic E-state index is 0.000155. The summed E-state index contributed by atoms with van der Waals surface area (Å²) in [5, 5.41) is 3.07. The first-order chi connectivity index (χ1) is 10.5. The number of hydrogen-bond donors (Lipinski definition) is 2. The second-order valence-electron chi connectivity index (χ2n) is 6.05. The highest BCUT2D eigenvalue weighted by molar-refractivity contribution is 7.13. The van der Waals surface area contributed by atoms with Crippen LogP contribution in [0.5, 0.6) is 0 Å². The molecule has 122 valence electrons. The lowest BCUT2D eigenvalue weighted by molar-refractivity contribution is -0.132. The minimum Gasteiger partial charge on any atom is -0.348 e. The van der Waals surface area contributed by atoms with Gasteiger partial charge in [0.05, 0.1) is 4.88 Å². The maximum absolute atomic E-state index is 12.1. The molecule has 5 nitrogen and oxygen atoms in total. The highest BCUT2D eigenvalue weighted by Gasteiger charge is 2.24. The number of carbonyl (C=O) groups is 2. The molecular formula is C16H25N3O2S. The van der Waals surface area contributed by atoms with Crippen LogP contribution in [0.15, 0.2) is 12.1 Å². The molecule has 2 amide bonds. The molecule has 2 rings (SSSR count). The van der Waals surface area contributed by atoms with Gasteiger partial charge in [0.25, 0.3) is 5.91 Å². The van der Waals surface area contributed by atoms with Crippen molar-refractivity contribution in [2.45, 2.75) is 51.6 Å². The predicted octanol–water partition coefficient (Wildman–Crippen LogP) is 1.90. The standard InChI is InChI=1S/C16H25N3O2S/c1-11(17)3-6-15(20)19-9-7-13(8-10-19)18-16(21)14-5-4-12(2)22-14/h4-5,11,13H,3,6-10,17H2,1-2H3,(H,18,21). The maximum atomic E-state index is 12.1. The highest BCUT2D eigenvalue weighted by atomic mass is 32.1. The first-order valence-electron chi connectivity index (χ1n) is 7.86. The summed E-state index contributed by atoms with van der Waals surface area (Å²) in [6.07, 6.45) is 2.89. The van der Waals surface area contributed by atoms with Gasteiger partial charge in [0, 0.05) is 36.5 Å². The Kier molecular flexibility index (Phi) is 5.97. The summed E-state index contributed by atoms with van der Waals surface area (Å²) in [7, 11) is 0. The molecule has 2 heterocycles. The molecule has 1 aromatic rings. The SMILES string of the molecule is Cc1ccc(C(=O)NC2CCN(C(=O)CCC(C)N)CC2)s1. The summed E-state index contributed by atoms with van der Waals surface area (Å²) >= 11 is 1.51. The minimum atomic E-state index is -0.000155. The van der Waals surface area contributed by atoms with Gasteiger partial charge in [-0.25, -0.2) is 0 Å². The van der Waals surface area contributed by atoms with E-state index < -0.39 is 0 Å². The van der Waals surface area contributed by atoms with Crippen LogP contribution in [0.4, 0.5) is 0 Å². The monoisotopic (exact) mass is 323 g/mol. The molecule has 6 heteroatoms. The van der Waals surface area contributed by atoms with E-state index in [1.807, 2.05) is 30.9 Å². The number of thiophene rings is 1. The van der Waals surface area contributed by atoms with Gasteiger partial charge < -0.3 is 16.0 Å². The Balaban J connectivity index is 1.75. The van der Waals surface area contributed by atoms with E-state index in [2.05, 4.69) is 5.32 Å². The second kappa shape index (κ2) is 7.74. The Labute approximate surface area is 135 Å². The summed E-state index contributed by atoms with van der Waals surface area (Å²) in [4.78, 5) is 27.9. The number of likely N-dealkylation sites (tertiary alicyclic amines) is 1. The number of nitrogens with zero attached hydrogens (tertiary/aromatic N) is 1. The van der Waals surface area contributed by atoms with E-state index in [9.17, 15) is 9.59 Å². The third-order valence-corrected chi connectivity index (χ3v) is 4.96. The summed E-state index contributed by atoms with van der Waals surface area (Å²) in [6.45, 7) is 5.34. The van der Waals surface area contributed by atoms with Gasteiger partial charge in [-0.1, -0.05) is 0 Å². The molecule has 3 N–H and O–H groups in total. The number of hydrogen-bond acceptors (Lipinski definition) is 4. The Morgan fingerprint density at radius 1 is 1.41 bits per heavy atom. The third kappa shape index (κ3) is 4.81. The van der Waals surface area contributed by atoms with Crippen molar-refractivity contribution in [3.63, 3.8) is 0 Å². The molecule has 1 aliphatic rings. The molecule has 1 fully saturated rings. The number of nitrogens with two attached hydrogens (primary N) is 1. The Bertz CT molecular complexity index is 519. The summed E-state index contributed by atoms with van der Waals surface area (Å²) in [6, 6.07) is 4.05. The molecule has 0 bridgehead atoms. The molecule has 22 heavy (non-hydrogen) atoms. The lowest BCUT2D eigenvalue weighted by atomic mass is 10.0. The van der Waals surface area contributed by atoms with Gasteiger partial charge in [-0.2, -0.15) is 0 Å². The molecule has 0 aromatic carbocycles. The summed E-state index contributed by atoms with van der Waals surface area (Å²) < 4.78 is 0. The number of amides is 2. The molecule has 1 aliphatic heterocycles.